The lowest BCUT2D eigenvalue weighted by Gasteiger charge is -2.47. The summed E-state index contributed by atoms with van der Waals surface area (Å²) in [6.07, 6.45) is 1.82. The minimum atomic E-state index is -1.30. The number of carboxylic acids is 1. The van der Waals surface area contributed by atoms with Gasteiger partial charge in [0.1, 0.15) is 11.3 Å². The Balaban J connectivity index is 1.94. The van der Waals surface area contributed by atoms with Gasteiger partial charge in [0.25, 0.3) is 0 Å². The summed E-state index contributed by atoms with van der Waals surface area (Å²) in [5.74, 6) is -0.890. The molecule has 0 bridgehead atoms. The van der Waals surface area contributed by atoms with Crippen LogP contribution in [-0.4, -0.2) is 30.6 Å². The summed E-state index contributed by atoms with van der Waals surface area (Å²) >= 11 is 0. The number of nitrogens with zero attached hydrogens (tertiary/aromatic N) is 1. The number of carboxylic acid groups (broad SMARTS) is 1. The lowest BCUT2D eigenvalue weighted by molar-refractivity contribution is -0.123. The average Bonchev–Trinajstić information content (AvgIpc) is 2.86. The van der Waals surface area contributed by atoms with E-state index in [2.05, 4.69) is 32.9 Å². The minimum Gasteiger partial charge on any atom is -0.497 e. The number of aromatic carboxylic acids is 1. The first-order valence-electron chi connectivity index (χ1n) is 12.2. The molecule has 3 aromatic carbocycles. The highest BCUT2D eigenvalue weighted by Gasteiger charge is 2.47. The molecular weight excluding hydrogens is 452 g/mol. The molecule has 1 atom stereocenters. The Labute approximate surface area is 212 Å². The number of methoxy groups -OCH3 is 1. The fourth-order valence-corrected chi connectivity index (χ4v) is 5.21. The Morgan fingerprint density at radius 2 is 1.61 bits per heavy atom. The molecule has 0 saturated carbocycles. The molecule has 0 aliphatic carbocycles. The second-order valence-electron chi connectivity index (χ2n) is 10.5. The van der Waals surface area contributed by atoms with E-state index >= 15 is 0 Å². The number of carbonyl (C=O) groups is 2. The van der Waals surface area contributed by atoms with Crippen LogP contribution in [0.25, 0.3) is 0 Å². The predicted octanol–water partition coefficient (Wildman–Crippen LogP) is 5.07. The van der Waals surface area contributed by atoms with E-state index in [1.807, 2.05) is 47.4 Å². The van der Waals surface area contributed by atoms with Crippen molar-refractivity contribution in [3.8, 4) is 5.75 Å². The molecule has 36 heavy (non-hydrogen) atoms. The fourth-order valence-electron chi connectivity index (χ4n) is 5.21. The van der Waals surface area contributed by atoms with Crippen LogP contribution in [0.2, 0.25) is 0 Å². The molecule has 1 unspecified atom stereocenters. The quantitative estimate of drug-likeness (QED) is 0.487. The van der Waals surface area contributed by atoms with Crippen molar-refractivity contribution in [2.45, 2.75) is 51.0 Å². The monoisotopic (exact) mass is 486 g/mol. The van der Waals surface area contributed by atoms with E-state index in [0.29, 0.717) is 30.0 Å². The second kappa shape index (κ2) is 9.69. The number of anilines is 1. The van der Waals surface area contributed by atoms with Crippen LogP contribution in [0.15, 0.2) is 66.7 Å². The maximum absolute atomic E-state index is 13.6. The van der Waals surface area contributed by atoms with Gasteiger partial charge in [0.05, 0.1) is 18.4 Å². The number of nitrogens with two attached hydrogens (primary N) is 1. The van der Waals surface area contributed by atoms with E-state index in [4.69, 9.17) is 10.5 Å². The largest absolute Gasteiger partial charge is 0.497 e. The number of hydrogen-bond donors (Lipinski definition) is 2. The number of rotatable bonds is 7. The highest BCUT2D eigenvalue weighted by molar-refractivity contribution is 5.99. The van der Waals surface area contributed by atoms with E-state index in [0.717, 1.165) is 24.0 Å². The lowest BCUT2D eigenvalue weighted by Crippen LogP contribution is -2.58. The molecule has 1 amide bonds. The van der Waals surface area contributed by atoms with E-state index in [9.17, 15) is 14.7 Å². The summed E-state index contributed by atoms with van der Waals surface area (Å²) in [5, 5.41) is 10.0. The smallest absolute Gasteiger partial charge is 0.337 e. The van der Waals surface area contributed by atoms with Crippen LogP contribution in [0, 0.1) is 0 Å². The first kappa shape index (κ1) is 25.3. The zero-order valence-corrected chi connectivity index (χ0v) is 21.4. The maximum atomic E-state index is 13.6. The van der Waals surface area contributed by atoms with Crippen molar-refractivity contribution in [1.82, 2.24) is 0 Å². The number of aryl methyl sites for hydroxylation is 1. The molecule has 0 fully saturated rings. The molecule has 1 aliphatic rings. The summed E-state index contributed by atoms with van der Waals surface area (Å²) in [7, 11) is 1.59. The van der Waals surface area contributed by atoms with Crippen LogP contribution >= 0.6 is 0 Å². The SMILES string of the molecule is COc1ccc(C(Cc2ccc(C(C)(C)C)cc2)(C(N)=O)N2CCCc3cccc(C(=O)O)c32)cc1. The van der Waals surface area contributed by atoms with Gasteiger partial charge in [0.15, 0.2) is 0 Å². The van der Waals surface area contributed by atoms with E-state index in [1.54, 1.807) is 19.2 Å². The molecule has 3 aromatic rings. The van der Waals surface area contributed by atoms with Crippen molar-refractivity contribution in [2.24, 2.45) is 5.73 Å². The number of para-hydroxylation sites is 1. The number of fused-ring (bicyclic) bond motifs is 1. The van der Waals surface area contributed by atoms with Gasteiger partial charge in [-0.25, -0.2) is 4.79 Å². The van der Waals surface area contributed by atoms with Crippen molar-refractivity contribution in [3.63, 3.8) is 0 Å². The minimum absolute atomic E-state index is 0.00249. The molecule has 1 aliphatic heterocycles. The first-order chi connectivity index (χ1) is 17.1. The average molecular weight is 487 g/mol. The molecule has 0 aromatic heterocycles. The third-order valence-corrected chi connectivity index (χ3v) is 7.16. The summed E-state index contributed by atoms with van der Waals surface area (Å²) < 4.78 is 5.35. The van der Waals surface area contributed by atoms with Gasteiger partial charge in [-0.05, 0) is 58.7 Å². The van der Waals surface area contributed by atoms with Gasteiger partial charge in [0, 0.05) is 13.0 Å². The lowest BCUT2D eigenvalue weighted by atomic mass is 9.78. The Morgan fingerprint density at radius 3 is 2.17 bits per heavy atom. The Hall–Kier alpha value is -3.80. The highest BCUT2D eigenvalue weighted by Crippen LogP contribution is 2.43. The summed E-state index contributed by atoms with van der Waals surface area (Å²) in [6.45, 7) is 6.98. The van der Waals surface area contributed by atoms with Gasteiger partial charge < -0.3 is 20.5 Å². The highest BCUT2D eigenvalue weighted by atomic mass is 16.5. The van der Waals surface area contributed by atoms with Gasteiger partial charge in [-0.3, -0.25) is 4.79 Å². The maximum Gasteiger partial charge on any atom is 0.337 e. The van der Waals surface area contributed by atoms with Gasteiger partial charge in [-0.1, -0.05) is 69.3 Å². The van der Waals surface area contributed by atoms with Gasteiger partial charge in [0.2, 0.25) is 5.91 Å². The molecule has 1 heterocycles. The number of carbonyl (C=O) groups excluding carboxylic acids is 1. The van der Waals surface area contributed by atoms with Crippen LogP contribution in [0.1, 0.15) is 59.8 Å². The Morgan fingerprint density at radius 1 is 0.972 bits per heavy atom. The molecule has 3 N–H and O–H groups in total. The Kier molecular flexibility index (Phi) is 6.81. The number of ether oxygens (including phenoxy) is 1. The van der Waals surface area contributed by atoms with Crippen molar-refractivity contribution >= 4 is 17.6 Å². The van der Waals surface area contributed by atoms with E-state index in [-0.39, 0.29) is 11.0 Å². The van der Waals surface area contributed by atoms with Gasteiger partial charge in [-0.15, -0.1) is 0 Å². The fraction of sp³-hybridized carbons (Fsp3) is 0.333. The third-order valence-electron chi connectivity index (χ3n) is 7.16. The second-order valence-corrected chi connectivity index (χ2v) is 10.5. The van der Waals surface area contributed by atoms with Crippen LogP contribution in [-0.2, 0) is 28.6 Å². The molecule has 0 radical (unpaired) electrons. The van der Waals surface area contributed by atoms with Crippen LogP contribution < -0.4 is 15.4 Å². The zero-order chi connectivity index (χ0) is 26.1. The van der Waals surface area contributed by atoms with E-state index < -0.39 is 17.4 Å². The van der Waals surface area contributed by atoms with Crippen molar-refractivity contribution < 1.29 is 19.4 Å². The van der Waals surface area contributed by atoms with Gasteiger partial charge in [-0.2, -0.15) is 0 Å². The summed E-state index contributed by atoms with van der Waals surface area (Å²) in [5.41, 5.74) is 9.46. The first-order valence-corrected chi connectivity index (χ1v) is 12.2. The van der Waals surface area contributed by atoms with Crippen LogP contribution in [0.4, 0.5) is 5.69 Å². The Bertz CT molecular complexity index is 1260. The molecular formula is C30H34N2O4. The molecule has 0 spiro atoms. The normalized spacial score (nSPS) is 15.1. The summed E-state index contributed by atoms with van der Waals surface area (Å²) in [6, 6.07) is 20.9. The zero-order valence-electron chi connectivity index (χ0n) is 21.4. The predicted molar refractivity (Wildman–Crippen MR) is 142 cm³/mol. The molecule has 6 heteroatoms. The topological polar surface area (TPSA) is 92.9 Å². The molecule has 6 nitrogen and oxygen atoms in total. The number of hydrogen-bond acceptors (Lipinski definition) is 4. The molecule has 188 valence electrons. The third kappa shape index (κ3) is 4.55. The van der Waals surface area contributed by atoms with Gasteiger partial charge >= 0.3 is 5.97 Å². The van der Waals surface area contributed by atoms with Crippen molar-refractivity contribution in [3.05, 3.63) is 94.5 Å². The van der Waals surface area contributed by atoms with Crippen molar-refractivity contribution in [1.29, 1.82) is 0 Å². The summed E-state index contributed by atoms with van der Waals surface area (Å²) in [4.78, 5) is 27.8. The molecule has 0 saturated heterocycles. The number of primary amides is 1. The standard InChI is InChI=1S/C30H34N2O4/c1-29(2,3)22-12-10-20(11-13-22)19-30(28(31)35,23-14-16-24(36-4)17-15-23)32-18-6-8-21-7-5-9-25(26(21)32)27(33)34/h5,7,9-17H,6,8,18-19H2,1-4H3,(H2,31,35)(H,33,34). The number of benzene rings is 3. The number of amides is 1. The van der Waals surface area contributed by atoms with Crippen LogP contribution in [0.5, 0.6) is 5.75 Å². The molecule has 4 rings (SSSR count). The van der Waals surface area contributed by atoms with Crippen molar-refractivity contribution in [2.75, 3.05) is 18.6 Å². The van der Waals surface area contributed by atoms with Crippen LogP contribution in [0.3, 0.4) is 0 Å². The van der Waals surface area contributed by atoms with E-state index in [1.165, 1.54) is 5.56 Å².